The van der Waals surface area contributed by atoms with Crippen LogP contribution >= 0.6 is 36.6 Å². The highest BCUT2D eigenvalue weighted by molar-refractivity contribution is 7.99. The van der Waals surface area contributed by atoms with Crippen molar-refractivity contribution in [1.82, 2.24) is 10.2 Å². The molecule has 4 nitrogen and oxygen atoms in total. The standard InChI is InChI=1S/C21H31N3OS.2ClH/c25-21(20-15-17-3-1-2-4-19(17)23-20)22-18-7-5-16(6-8-18)9-10-24-11-13-26-14-12-24;;/h5-8,17,19-20,23H,1-4,9-15H2,(H,22,25);2*1H. The van der Waals surface area contributed by atoms with Gasteiger partial charge in [0.05, 0.1) is 6.04 Å². The van der Waals surface area contributed by atoms with Gasteiger partial charge in [0.2, 0.25) is 5.91 Å². The first kappa shape index (κ1) is 23.8. The first-order chi connectivity index (χ1) is 12.8. The minimum absolute atomic E-state index is 0. The van der Waals surface area contributed by atoms with Crippen LogP contribution in [0.1, 0.15) is 37.7 Å². The van der Waals surface area contributed by atoms with E-state index in [9.17, 15) is 4.79 Å². The van der Waals surface area contributed by atoms with E-state index in [-0.39, 0.29) is 36.8 Å². The lowest BCUT2D eigenvalue weighted by molar-refractivity contribution is -0.117. The predicted molar refractivity (Wildman–Crippen MR) is 124 cm³/mol. The number of carbonyl (C=O) groups is 1. The summed E-state index contributed by atoms with van der Waals surface area (Å²) in [6, 6.07) is 8.99. The van der Waals surface area contributed by atoms with Gasteiger partial charge in [-0.2, -0.15) is 11.8 Å². The molecule has 2 aliphatic heterocycles. The van der Waals surface area contributed by atoms with Crippen LogP contribution in [0.2, 0.25) is 0 Å². The Bertz CT molecular complexity index is 596. The minimum Gasteiger partial charge on any atom is -0.325 e. The van der Waals surface area contributed by atoms with Crippen LogP contribution in [0.15, 0.2) is 24.3 Å². The number of benzene rings is 1. The van der Waals surface area contributed by atoms with Gasteiger partial charge in [-0.25, -0.2) is 0 Å². The molecule has 0 spiro atoms. The molecule has 158 valence electrons. The number of carbonyl (C=O) groups excluding carboxylic acids is 1. The van der Waals surface area contributed by atoms with E-state index < -0.39 is 0 Å². The van der Waals surface area contributed by atoms with Crippen molar-refractivity contribution in [2.24, 2.45) is 5.92 Å². The number of amides is 1. The number of nitrogens with one attached hydrogen (secondary N) is 2. The molecule has 1 aromatic carbocycles. The van der Waals surface area contributed by atoms with Crippen molar-refractivity contribution in [1.29, 1.82) is 0 Å². The average molecular weight is 446 g/mol. The second-order valence-corrected chi connectivity index (χ2v) is 9.22. The molecule has 3 fully saturated rings. The first-order valence-corrected chi connectivity index (χ1v) is 11.4. The van der Waals surface area contributed by atoms with E-state index in [0.717, 1.165) is 25.1 Å². The molecule has 28 heavy (non-hydrogen) atoms. The van der Waals surface area contributed by atoms with E-state index in [1.165, 1.54) is 55.8 Å². The summed E-state index contributed by atoms with van der Waals surface area (Å²) in [5, 5.41) is 6.67. The molecule has 0 aromatic heterocycles. The highest BCUT2D eigenvalue weighted by Crippen LogP contribution is 2.33. The predicted octanol–water partition coefficient (Wildman–Crippen LogP) is 3.98. The SMILES string of the molecule is Cl.Cl.O=C(Nc1ccc(CCN2CCSCC2)cc1)C1CC2CCCCC2N1. The zero-order valence-electron chi connectivity index (χ0n) is 16.4. The van der Waals surface area contributed by atoms with E-state index in [4.69, 9.17) is 0 Å². The third-order valence-corrected chi connectivity index (χ3v) is 7.16. The van der Waals surface area contributed by atoms with Gasteiger partial charge in [0.15, 0.2) is 0 Å². The summed E-state index contributed by atoms with van der Waals surface area (Å²) in [5.74, 6) is 3.37. The van der Waals surface area contributed by atoms with E-state index in [1.807, 2.05) is 0 Å². The third-order valence-electron chi connectivity index (χ3n) is 6.22. The number of rotatable bonds is 5. The smallest absolute Gasteiger partial charge is 0.241 e. The molecule has 4 rings (SSSR count). The van der Waals surface area contributed by atoms with Gasteiger partial charge in [-0.3, -0.25) is 4.79 Å². The quantitative estimate of drug-likeness (QED) is 0.718. The van der Waals surface area contributed by atoms with Crippen LogP contribution in [-0.2, 0) is 11.2 Å². The highest BCUT2D eigenvalue weighted by atomic mass is 35.5. The molecule has 1 aliphatic carbocycles. The van der Waals surface area contributed by atoms with Gasteiger partial charge in [0, 0.05) is 42.9 Å². The lowest BCUT2D eigenvalue weighted by atomic mass is 9.85. The first-order valence-electron chi connectivity index (χ1n) is 10.2. The summed E-state index contributed by atoms with van der Waals surface area (Å²) in [6.07, 6.45) is 7.25. The number of nitrogens with zero attached hydrogens (tertiary/aromatic N) is 1. The van der Waals surface area contributed by atoms with E-state index in [0.29, 0.717) is 12.0 Å². The normalized spacial score (nSPS) is 27.2. The van der Waals surface area contributed by atoms with Crippen molar-refractivity contribution in [3.63, 3.8) is 0 Å². The van der Waals surface area contributed by atoms with Gasteiger partial charge < -0.3 is 15.5 Å². The lowest BCUT2D eigenvalue weighted by Crippen LogP contribution is -2.39. The van der Waals surface area contributed by atoms with Gasteiger partial charge in [-0.05, 0) is 49.3 Å². The van der Waals surface area contributed by atoms with Crippen LogP contribution in [0.3, 0.4) is 0 Å². The molecule has 0 radical (unpaired) electrons. The third kappa shape index (κ3) is 6.27. The number of fused-ring (bicyclic) bond motifs is 1. The zero-order chi connectivity index (χ0) is 17.8. The maximum absolute atomic E-state index is 12.6. The molecule has 2 N–H and O–H groups in total. The van der Waals surface area contributed by atoms with Crippen LogP contribution in [0.4, 0.5) is 5.69 Å². The maximum Gasteiger partial charge on any atom is 0.241 e. The van der Waals surface area contributed by atoms with Crippen LogP contribution in [0, 0.1) is 5.92 Å². The minimum atomic E-state index is -0.0141. The van der Waals surface area contributed by atoms with E-state index >= 15 is 0 Å². The molecule has 1 saturated carbocycles. The number of thioether (sulfide) groups is 1. The van der Waals surface area contributed by atoms with E-state index in [2.05, 4.69) is 51.6 Å². The Morgan fingerprint density at radius 3 is 2.54 bits per heavy atom. The zero-order valence-corrected chi connectivity index (χ0v) is 18.8. The van der Waals surface area contributed by atoms with Gasteiger partial charge in [0.1, 0.15) is 0 Å². The molecular formula is C21H33Cl2N3OS. The fourth-order valence-electron chi connectivity index (χ4n) is 4.62. The number of halogens is 2. The summed E-state index contributed by atoms with van der Waals surface area (Å²) in [4.78, 5) is 15.1. The maximum atomic E-state index is 12.6. The number of anilines is 1. The highest BCUT2D eigenvalue weighted by Gasteiger charge is 2.38. The van der Waals surface area contributed by atoms with Crippen LogP contribution in [-0.4, -0.2) is 54.0 Å². The molecule has 2 saturated heterocycles. The van der Waals surface area contributed by atoms with Crippen LogP contribution in [0.25, 0.3) is 0 Å². The number of hydrogen-bond acceptors (Lipinski definition) is 4. The summed E-state index contributed by atoms with van der Waals surface area (Å²) in [5.41, 5.74) is 2.27. The summed E-state index contributed by atoms with van der Waals surface area (Å²) >= 11 is 2.06. The molecular weight excluding hydrogens is 413 g/mol. The van der Waals surface area contributed by atoms with Crippen molar-refractivity contribution < 1.29 is 4.79 Å². The summed E-state index contributed by atoms with van der Waals surface area (Å²) in [6.45, 7) is 3.57. The van der Waals surface area contributed by atoms with E-state index in [1.54, 1.807) is 0 Å². The Hall–Kier alpha value is -0.460. The molecule has 1 amide bonds. The molecule has 1 aromatic rings. The lowest BCUT2D eigenvalue weighted by Gasteiger charge is -2.26. The Kier molecular flexibility index (Phi) is 9.91. The Morgan fingerprint density at radius 2 is 1.82 bits per heavy atom. The van der Waals surface area contributed by atoms with Crippen molar-refractivity contribution in [2.45, 2.75) is 50.6 Å². The molecule has 0 bridgehead atoms. The van der Waals surface area contributed by atoms with Crippen molar-refractivity contribution in [2.75, 3.05) is 36.5 Å². The monoisotopic (exact) mass is 445 g/mol. The van der Waals surface area contributed by atoms with Gasteiger partial charge in [-0.15, -0.1) is 24.8 Å². The van der Waals surface area contributed by atoms with Gasteiger partial charge in [-0.1, -0.05) is 25.0 Å². The second-order valence-electron chi connectivity index (χ2n) is 8.00. The second kappa shape index (κ2) is 11.7. The van der Waals surface area contributed by atoms with Crippen molar-refractivity contribution >= 4 is 48.2 Å². The molecule has 2 heterocycles. The topological polar surface area (TPSA) is 44.4 Å². The van der Waals surface area contributed by atoms with Gasteiger partial charge in [0.25, 0.3) is 0 Å². The average Bonchev–Trinajstić information content (AvgIpc) is 3.13. The molecule has 3 aliphatic rings. The Labute approximate surface area is 185 Å². The fourth-order valence-corrected chi connectivity index (χ4v) is 5.60. The fraction of sp³-hybridized carbons (Fsp3) is 0.667. The van der Waals surface area contributed by atoms with Crippen molar-refractivity contribution in [3.8, 4) is 0 Å². The van der Waals surface area contributed by atoms with Crippen molar-refractivity contribution in [3.05, 3.63) is 29.8 Å². The van der Waals surface area contributed by atoms with Crippen LogP contribution < -0.4 is 10.6 Å². The largest absolute Gasteiger partial charge is 0.325 e. The molecule has 7 heteroatoms. The molecule has 3 atom stereocenters. The Balaban J connectivity index is 0.00000140. The summed E-state index contributed by atoms with van der Waals surface area (Å²) < 4.78 is 0. The summed E-state index contributed by atoms with van der Waals surface area (Å²) in [7, 11) is 0. The molecule has 3 unspecified atom stereocenters. The number of hydrogen-bond donors (Lipinski definition) is 2. The van der Waals surface area contributed by atoms with Gasteiger partial charge >= 0.3 is 0 Å². The Morgan fingerprint density at radius 1 is 1.11 bits per heavy atom. The van der Waals surface area contributed by atoms with Crippen LogP contribution in [0.5, 0.6) is 0 Å².